The maximum absolute atomic E-state index is 13.6. The summed E-state index contributed by atoms with van der Waals surface area (Å²) in [6.45, 7) is 5.01. The Morgan fingerprint density at radius 1 is 0.956 bits per heavy atom. The highest BCUT2D eigenvalue weighted by Gasteiger charge is 2.33. The van der Waals surface area contributed by atoms with Gasteiger partial charge >= 0.3 is 0 Å². The zero-order valence-electron chi connectivity index (χ0n) is 25.9. The second-order valence-corrected chi connectivity index (χ2v) is 11.5. The molecule has 1 aliphatic heterocycles. The molecule has 4 rings (SSSR count). The van der Waals surface area contributed by atoms with Gasteiger partial charge in [-0.25, -0.2) is 0 Å². The average Bonchev–Trinajstić information content (AvgIpc) is 3.53. The van der Waals surface area contributed by atoms with Gasteiger partial charge in [0.15, 0.2) is 0 Å². The number of benzene rings is 1. The van der Waals surface area contributed by atoms with Crippen LogP contribution < -0.4 is 16.0 Å². The third-order valence-electron chi connectivity index (χ3n) is 7.60. The molecule has 1 aliphatic rings. The minimum atomic E-state index is -0.945. The molecule has 13 nitrogen and oxygen atoms in total. The van der Waals surface area contributed by atoms with Gasteiger partial charge in [-0.1, -0.05) is 50.2 Å². The van der Waals surface area contributed by atoms with E-state index in [-0.39, 0.29) is 37.7 Å². The standard InChI is InChI=1S/C32H40N8O5/c1-20(2)16-26-31(44)39(4)21(3)29(42)36-25(17-22-10-6-5-7-11-22)30(43)34-14-15-40(19-28(41)35-26)32(45)27-18-24(37-38-27)23-12-8-9-13-33-23/h5-13,18,20-21,25-26H,14-17,19H2,1-4H3,(H,34,43)(H,35,41)(H,36,42)(H,37,38)/t21-,25-,26-/m0/s1. The van der Waals surface area contributed by atoms with E-state index in [1.807, 2.05) is 44.2 Å². The van der Waals surface area contributed by atoms with Gasteiger partial charge < -0.3 is 25.8 Å². The van der Waals surface area contributed by atoms with E-state index >= 15 is 0 Å². The molecule has 0 saturated carbocycles. The van der Waals surface area contributed by atoms with Crippen LogP contribution >= 0.6 is 0 Å². The second-order valence-electron chi connectivity index (χ2n) is 11.5. The van der Waals surface area contributed by atoms with Gasteiger partial charge in [-0.3, -0.25) is 34.1 Å². The topological polar surface area (TPSA) is 169 Å². The monoisotopic (exact) mass is 616 g/mol. The molecule has 0 unspecified atom stereocenters. The van der Waals surface area contributed by atoms with E-state index in [1.54, 1.807) is 37.4 Å². The minimum absolute atomic E-state index is 0.00403. The Balaban J connectivity index is 1.63. The van der Waals surface area contributed by atoms with Crippen molar-refractivity contribution in [1.82, 2.24) is 40.9 Å². The number of aromatic amines is 1. The third-order valence-corrected chi connectivity index (χ3v) is 7.60. The Morgan fingerprint density at radius 2 is 1.69 bits per heavy atom. The molecule has 0 spiro atoms. The van der Waals surface area contributed by atoms with Crippen LogP contribution in [0.15, 0.2) is 60.8 Å². The molecule has 0 radical (unpaired) electrons. The summed E-state index contributed by atoms with van der Waals surface area (Å²) >= 11 is 0. The van der Waals surface area contributed by atoms with Crippen molar-refractivity contribution in [2.75, 3.05) is 26.7 Å². The Labute approximate surface area is 262 Å². The lowest BCUT2D eigenvalue weighted by atomic mass is 10.0. The Morgan fingerprint density at radius 3 is 2.38 bits per heavy atom. The lowest BCUT2D eigenvalue weighted by molar-refractivity contribution is -0.142. The second kappa shape index (κ2) is 15.1. The molecule has 0 aliphatic carbocycles. The Kier molecular flexibility index (Phi) is 11.0. The molecule has 3 atom stereocenters. The Hall–Kier alpha value is -5.07. The first kappa shape index (κ1) is 32.8. The summed E-state index contributed by atoms with van der Waals surface area (Å²) in [5.74, 6) is -2.46. The molecule has 1 saturated heterocycles. The van der Waals surface area contributed by atoms with Gasteiger partial charge in [0.05, 0.1) is 12.2 Å². The van der Waals surface area contributed by atoms with E-state index in [2.05, 4.69) is 31.1 Å². The van der Waals surface area contributed by atoms with Crippen molar-refractivity contribution in [1.29, 1.82) is 0 Å². The number of carbonyl (C=O) groups excluding carboxylic acids is 5. The number of rotatable bonds is 6. The van der Waals surface area contributed by atoms with Gasteiger partial charge in [0.1, 0.15) is 29.5 Å². The average molecular weight is 617 g/mol. The van der Waals surface area contributed by atoms with Gasteiger partial charge in [0.2, 0.25) is 23.6 Å². The van der Waals surface area contributed by atoms with Crippen molar-refractivity contribution in [3.8, 4) is 11.4 Å². The molecule has 5 amide bonds. The summed E-state index contributed by atoms with van der Waals surface area (Å²) in [5, 5.41) is 15.3. The van der Waals surface area contributed by atoms with Crippen LogP contribution in [-0.4, -0.2) is 99.3 Å². The molecule has 3 heterocycles. The number of H-pyrrole nitrogens is 1. The zero-order valence-corrected chi connectivity index (χ0v) is 25.9. The molecular formula is C32H40N8O5. The van der Waals surface area contributed by atoms with Crippen molar-refractivity contribution >= 4 is 29.5 Å². The van der Waals surface area contributed by atoms with Crippen LogP contribution in [0.3, 0.4) is 0 Å². The number of nitrogens with zero attached hydrogens (tertiary/aromatic N) is 4. The molecule has 238 valence electrons. The van der Waals surface area contributed by atoms with E-state index in [1.165, 1.54) is 16.8 Å². The summed E-state index contributed by atoms with van der Waals surface area (Å²) in [5.41, 5.74) is 1.98. The Bertz CT molecular complexity index is 1490. The lowest BCUT2D eigenvalue weighted by Gasteiger charge is -2.30. The highest BCUT2D eigenvalue weighted by atomic mass is 16.2. The smallest absolute Gasteiger partial charge is 0.272 e. The maximum Gasteiger partial charge on any atom is 0.272 e. The van der Waals surface area contributed by atoms with Gasteiger partial charge in [-0.05, 0) is 43.0 Å². The number of carbonyl (C=O) groups is 5. The summed E-state index contributed by atoms with van der Waals surface area (Å²) in [6.07, 6.45) is 2.15. The summed E-state index contributed by atoms with van der Waals surface area (Å²) < 4.78 is 0. The summed E-state index contributed by atoms with van der Waals surface area (Å²) in [6, 6.07) is 13.3. The van der Waals surface area contributed by atoms with E-state index in [0.717, 1.165) is 5.56 Å². The molecule has 3 aromatic rings. The van der Waals surface area contributed by atoms with Gasteiger partial charge in [-0.15, -0.1) is 0 Å². The number of hydrogen-bond donors (Lipinski definition) is 4. The van der Waals surface area contributed by atoms with E-state index in [0.29, 0.717) is 17.8 Å². The molecule has 2 aromatic heterocycles. The largest absolute Gasteiger partial charge is 0.353 e. The number of likely N-dealkylation sites (N-methyl/N-ethyl adjacent to an activating group) is 1. The first-order valence-electron chi connectivity index (χ1n) is 15.0. The number of nitrogens with one attached hydrogen (secondary N) is 4. The normalized spacial score (nSPS) is 20.6. The molecule has 0 bridgehead atoms. The van der Waals surface area contributed by atoms with Crippen LogP contribution in [0.2, 0.25) is 0 Å². The molecule has 13 heteroatoms. The summed E-state index contributed by atoms with van der Waals surface area (Å²) in [4.78, 5) is 74.1. The highest BCUT2D eigenvalue weighted by Crippen LogP contribution is 2.16. The fourth-order valence-electron chi connectivity index (χ4n) is 5.01. The fraction of sp³-hybridized carbons (Fsp3) is 0.406. The van der Waals surface area contributed by atoms with Crippen molar-refractivity contribution < 1.29 is 24.0 Å². The van der Waals surface area contributed by atoms with Crippen LogP contribution in [0.5, 0.6) is 0 Å². The SMILES string of the molecule is CC(C)C[C@@H]1NC(=O)CN(C(=O)c2cc(-c3ccccn3)n[nH]2)CCNC(=O)[C@H](Cc2ccccc2)NC(=O)[C@H](C)N(C)C1=O. The van der Waals surface area contributed by atoms with Gasteiger partial charge in [-0.2, -0.15) is 5.10 Å². The van der Waals surface area contributed by atoms with Crippen LogP contribution in [0.4, 0.5) is 0 Å². The fourth-order valence-corrected chi connectivity index (χ4v) is 5.01. The molecule has 1 aromatic carbocycles. The van der Waals surface area contributed by atoms with Crippen LogP contribution in [0.1, 0.15) is 43.2 Å². The van der Waals surface area contributed by atoms with Crippen LogP contribution in [0.25, 0.3) is 11.4 Å². The zero-order chi connectivity index (χ0) is 32.5. The van der Waals surface area contributed by atoms with E-state index in [9.17, 15) is 24.0 Å². The predicted molar refractivity (Wildman–Crippen MR) is 166 cm³/mol. The van der Waals surface area contributed by atoms with Crippen LogP contribution in [0, 0.1) is 5.92 Å². The minimum Gasteiger partial charge on any atom is -0.353 e. The van der Waals surface area contributed by atoms with E-state index < -0.39 is 47.7 Å². The number of aromatic nitrogens is 3. The predicted octanol–water partition coefficient (Wildman–Crippen LogP) is 1.15. The van der Waals surface area contributed by atoms with Crippen molar-refractivity contribution in [2.24, 2.45) is 5.92 Å². The van der Waals surface area contributed by atoms with Crippen molar-refractivity contribution in [3.05, 3.63) is 72.1 Å². The molecular weight excluding hydrogens is 576 g/mol. The van der Waals surface area contributed by atoms with E-state index in [4.69, 9.17) is 0 Å². The first-order valence-corrected chi connectivity index (χ1v) is 15.0. The van der Waals surface area contributed by atoms with Gasteiger partial charge in [0.25, 0.3) is 5.91 Å². The maximum atomic E-state index is 13.6. The van der Waals surface area contributed by atoms with Gasteiger partial charge in [0, 0.05) is 32.8 Å². The first-order chi connectivity index (χ1) is 21.5. The van der Waals surface area contributed by atoms with Crippen molar-refractivity contribution in [3.63, 3.8) is 0 Å². The number of amides is 5. The van der Waals surface area contributed by atoms with Crippen molar-refractivity contribution in [2.45, 2.75) is 51.7 Å². The highest BCUT2D eigenvalue weighted by molar-refractivity contribution is 5.97. The lowest BCUT2D eigenvalue weighted by Crippen LogP contribution is -2.57. The third kappa shape index (κ3) is 8.74. The molecule has 45 heavy (non-hydrogen) atoms. The van der Waals surface area contributed by atoms with Crippen LogP contribution in [-0.2, 0) is 25.6 Å². The molecule has 4 N–H and O–H groups in total. The number of pyridine rings is 1. The number of hydrogen-bond acceptors (Lipinski definition) is 7. The molecule has 1 fully saturated rings. The summed E-state index contributed by atoms with van der Waals surface area (Å²) in [7, 11) is 1.49. The quantitative estimate of drug-likeness (QED) is 0.322.